The third-order valence-electron chi connectivity index (χ3n) is 2.81. The highest BCUT2D eigenvalue weighted by molar-refractivity contribution is 7.51. The van der Waals surface area contributed by atoms with Gasteiger partial charge in [0, 0.05) is 12.5 Å². The summed E-state index contributed by atoms with van der Waals surface area (Å²) in [5.74, 6) is 0.133. The molecule has 0 aromatic carbocycles. The highest BCUT2D eigenvalue weighted by Gasteiger charge is 2.17. The first kappa shape index (κ1) is 18.5. The van der Waals surface area contributed by atoms with E-state index in [1.54, 1.807) is 13.8 Å². The Balaban J connectivity index is 3.43. The second kappa shape index (κ2) is 9.43. The molecule has 0 saturated heterocycles. The molecule has 1 unspecified atom stereocenters. The molecule has 6 heteroatoms. The third-order valence-corrected chi connectivity index (χ3v) is 3.83. The number of nitrogens with one attached hydrogen (secondary N) is 1. The Morgan fingerprint density at radius 1 is 1.26 bits per heavy atom. The molecule has 0 aromatic rings. The lowest BCUT2D eigenvalue weighted by molar-refractivity contribution is -0.115. The molecule has 0 heterocycles. The topological polar surface area (TPSA) is 86.6 Å². The van der Waals surface area contributed by atoms with E-state index in [9.17, 15) is 9.36 Å². The Morgan fingerprint density at radius 3 is 2.37 bits per heavy atom. The summed E-state index contributed by atoms with van der Waals surface area (Å²) in [6.45, 7) is 7.85. The zero-order valence-electron chi connectivity index (χ0n) is 11.9. The van der Waals surface area contributed by atoms with E-state index >= 15 is 0 Å². The zero-order chi connectivity index (χ0) is 14.9. The van der Waals surface area contributed by atoms with Gasteiger partial charge in [0.2, 0.25) is 0 Å². The van der Waals surface area contributed by atoms with Gasteiger partial charge < -0.3 is 15.1 Å². The predicted octanol–water partition coefficient (Wildman–Crippen LogP) is 2.24. The molecule has 0 aliphatic carbocycles. The second-order valence-electron chi connectivity index (χ2n) is 5.07. The van der Waals surface area contributed by atoms with E-state index in [0.717, 1.165) is 32.2 Å². The first-order valence-corrected chi connectivity index (χ1v) is 8.49. The lowest BCUT2D eigenvalue weighted by atomic mass is 10.1. The number of carbonyl (C=O) groups is 1. The largest absolute Gasteiger partial charge is 0.327 e. The molecule has 0 saturated carbocycles. The lowest BCUT2D eigenvalue weighted by Gasteiger charge is -2.14. The Morgan fingerprint density at radius 2 is 1.84 bits per heavy atom. The summed E-state index contributed by atoms with van der Waals surface area (Å²) >= 11 is 0. The summed E-state index contributed by atoms with van der Waals surface area (Å²) in [6, 6.07) is -0.175. The van der Waals surface area contributed by atoms with E-state index in [1.165, 1.54) is 0 Å². The number of unbranched alkanes of at least 4 members (excludes halogenated alkanes) is 3. The highest BCUT2D eigenvalue weighted by atomic mass is 31.2. The van der Waals surface area contributed by atoms with Crippen molar-refractivity contribution in [3.05, 3.63) is 12.2 Å². The van der Waals surface area contributed by atoms with Gasteiger partial charge in [0.25, 0.3) is 0 Å². The van der Waals surface area contributed by atoms with Crippen LogP contribution in [0.15, 0.2) is 12.2 Å². The fraction of sp³-hybridized carbons (Fsp3) is 0.769. The minimum absolute atomic E-state index is 0.125. The Hall–Kier alpha value is -0.480. The normalized spacial score (nSPS) is 13.3. The molecule has 0 aliphatic rings. The van der Waals surface area contributed by atoms with Gasteiger partial charge in [0.1, 0.15) is 0 Å². The molecule has 1 atom stereocenters. The Bertz CT molecular complexity index is 338. The van der Waals surface area contributed by atoms with Crippen molar-refractivity contribution in [2.75, 3.05) is 12.7 Å². The zero-order valence-corrected chi connectivity index (χ0v) is 12.8. The molecule has 112 valence electrons. The van der Waals surface area contributed by atoms with Crippen molar-refractivity contribution < 1.29 is 19.1 Å². The quantitative estimate of drug-likeness (QED) is 0.309. The number of ketones is 1. The molecule has 5 nitrogen and oxygen atoms in total. The van der Waals surface area contributed by atoms with Crippen molar-refractivity contribution in [2.24, 2.45) is 0 Å². The molecule has 19 heavy (non-hydrogen) atoms. The van der Waals surface area contributed by atoms with Gasteiger partial charge in [-0.2, -0.15) is 0 Å². The maximum atomic E-state index is 11.3. The number of allylic oxidation sites excluding steroid dienone is 1. The summed E-state index contributed by atoms with van der Waals surface area (Å²) in [5.41, 5.74) is 0.618. The first-order valence-electron chi connectivity index (χ1n) is 6.69. The molecule has 0 bridgehead atoms. The SMILES string of the molecule is C=C(C)C(=O)CCCCCCNC(C)CP(=O)(O)O. The van der Waals surface area contributed by atoms with Gasteiger partial charge in [0.05, 0.1) is 6.16 Å². The molecule has 0 radical (unpaired) electrons. The summed E-state index contributed by atoms with van der Waals surface area (Å²) in [4.78, 5) is 28.8. The van der Waals surface area contributed by atoms with Crippen LogP contribution in [0.2, 0.25) is 0 Å². The molecule has 0 aliphatic heterocycles. The summed E-state index contributed by atoms with van der Waals surface area (Å²) in [6.07, 6.45) is 4.28. The van der Waals surface area contributed by atoms with Crippen molar-refractivity contribution in [1.82, 2.24) is 5.32 Å². The summed E-state index contributed by atoms with van der Waals surface area (Å²) < 4.78 is 10.7. The predicted molar refractivity (Wildman–Crippen MR) is 77.3 cm³/mol. The summed E-state index contributed by atoms with van der Waals surface area (Å²) in [5, 5.41) is 3.08. The standard InChI is InChI=1S/C13H26NO4P/c1-11(2)13(15)8-6-4-5-7-9-14-12(3)10-19(16,17)18/h12,14H,1,4-10H2,2-3H3,(H2,16,17,18). The van der Waals surface area contributed by atoms with E-state index in [1.807, 2.05) is 0 Å². The van der Waals surface area contributed by atoms with Crippen LogP contribution in [0, 0.1) is 0 Å². The van der Waals surface area contributed by atoms with Crippen LogP contribution < -0.4 is 5.32 Å². The molecule has 0 spiro atoms. The molecular formula is C13H26NO4P. The molecule has 3 N–H and O–H groups in total. The van der Waals surface area contributed by atoms with E-state index in [0.29, 0.717) is 12.0 Å². The van der Waals surface area contributed by atoms with Crippen molar-refractivity contribution in [2.45, 2.75) is 52.0 Å². The monoisotopic (exact) mass is 291 g/mol. The molecule has 0 fully saturated rings. The molecule has 0 rings (SSSR count). The van der Waals surface area contributed by atoms with Crippen molar-refractivity contribution in [1.29, 1.82) is 0 Å². The second-order valence-corrected chi connectivity index (χ2v) is 6.76. The summed E-state index contributed by atoms with van der Waals surface area (Å²) in [7, 11) is -3.92. The minimum atomic E-state index is -3.92. The van der Waals surface area contributed by atoms with Gasteiger partial charge in [-0.15, -0.1) is 0 Å². The van der Waals surface area contributed by atoms with Crippen LogP contribution in [0.4, 0.5) is 0 Å². The van der Waals surface area contributed by atoms with Gasteiger partial charge in [-0.3, -0.25) is 9.36 Å². The number of hydrogen-bond acceptors (Lipinski definition) is 3. The van der Waals surface area contributed by atoms with Gasteiger partial charge in [0.15, 0.2) is 5.78 Å². The van der Waals surface area contributed by atoms with Crippen LogP contribution in [-0.4, -0.2) is 34.3 Å². The fourth-order valence-corrected chi connectivity index (χ4v) is 2.59. The molecule has 0 aromatic heterocycles. The van der Waals surface area contributed by atoms with E-state index in [2.05, 4.69) is 11.9 Å². The average Bonchev–Trinajstić information content (AvgIpc) is 2.24. The fourth-order valence-electron chi connectivity index (χ4n) is 1.75. The van der Waals surface area contributed by atoms with E-state index in [-0.39, 0.29) is 18.0 Å². The van der Waals surface area contributed by atoms with Crippen molar-refractivity contribution in [3.63, 3.8) is 0 Å². The van der Waals surface area contributed by atoms with E-state index in [4.69, 9.17) is 9.79 Å². The number of carbonyl (C=O) groups excluding carboxylic acids is 1. The van der Waals surface area contributed by atoms with Crippen LogP contribution in [0.25, 0.3) is 0 Å². The number of Topliss-reactive ketones (excluding diaryl/α,β-unsaturated/α-hetero) is 1. The van der Waals surface area contributed by atoms with Crippen molar-refractivity contribution >= 4 is 13.4 Å². The van der Waals surface area contributed by atoms with Gasteiger partial charge >= 0.3 is 7.60 Å². The maximum Gasteiger partial charge on any atom is 0.327 e. The first-order chi connectivity index (χ1) is 8.72. The number of hydrogen-bond donors (Lipinski definition) is 3. The van der Waals surface area contributed by atoms with Crippen LogP contribution in [0.5, 0.6) is 0 Å². The maximum absolute atomic E-state index is 11.3. The minimum Gasteiger partial charge on any atom is -0.324 e. The van der Waals surface area contributed by atoms with Gasteiger partial charge in [-0.05, 0) is 38.8 Å². The lowest BCUT2D eigenvalue weighted by Crippen LogP contribution is -2.30. The Kier molecular flexibility index (Phi) is 9.19. The van der Waals surface area contributed by atoms with Crippen LogP contribution in [-0.2, 0) is 9.36 Å². The third kappa shape index (κ3) is 12.3. The Labute approximate surface area is 115 Å². The van der Waals surface area contributed by atoms with Crippen LogP contribution in [0.3, 0.4) is 0 Å². The smallest absolute Gasteiger partial charge is 0.324 e. The average molecular weight is 291 g/mol. The van der Waals surface area contributed by atoms with Crippen LogP contribution in [0.1, 0.15) is 46.0 Å². The van der Waals surface area contributed by atoms with Gasteiger partial charge in [-0.1, -0.05) is 19.4 Å². The number of rotatable bonds is 11. The van der Waals surface area contributed by atoms with Crippen LogP contribution >= 0.6 is 7.60 Å². The highest BCUT2D eigenvalue weighted by Crippen LogP contribution is 2.34. The van der Waals surface area contributed by atoms with Gasteiger partial charge in [-0.25, -0.2) is 0 Å². The van der Waals surface area contributed by atoms with E-state index < -0.39 is 7.60 Å². The molecule has 0 amide bonds. The van der Waals surface area contributed by atoms with Crippen molar-refractivity contribution in [3.8, 4) is 0 Å². The molecular weight excluding hydrogens is 265 g/mol.